The first-order chi connectivity index (χ1) is 15.7. The largest absolute Gasteiger partial charge is 0.345 e. The van der Waals surface area contributed by atoms with Gasteiger partial charge in [0.25, 0.3) is 0 Å². The van der Waals surface area contributed by atoms with Gasteiger partial charge in [0.2, 0.25) is 0 Å². The number of amides is 2. The van der Waals surface area contributed by atoms with Crippen LogP contribution in [0.25, 0.3) is 21.3 Å². The number of benzene rings is 1. The summed E-state index contributed by atoms with van der Waals surface area (Å²) in [7, 11) is 0. The summed E-state index contributed by atoms with van der Waals surface area (Å²) in [6.45, 7) is 6.09. The first-order valence-electron chi connectivity index (χ1n) is 10.3. The Morgan fingerprint density at radius 2 is 1.97 bits per heavy atom. The predicted molar refractivity (Wildman–Crippen MR) is 132 cm³/mol. The molecule has 8 nitrogen and oxygen atoms in total. The first kappa shape index (κ1) is 21.8. The number of aryl methyl sites for hydroxylation is 3. The number of H-pyrrole nitrogens is 1. The summed E-state index contributed by atoms with van der Waals surface area (Å²) in [6.07, 6.45) is 6.62. The van der Waals surface area contributed by atoms with E-state index >= 15 is 0 Å². The highest BCUT2D eigenvalue weighted by atomic mass is 32.1. The molecule has 0 saturated carbocycles. The van der Waals surface area contributed by atoms with Crippen LogP contribution in [-0.4, -0.2) is 31.0 Å². The molecular weight excluding hydrogens is 442 g/mol. The van der Waals surface area contributed by atoms with Crippen molar-refractivity contribution in [2.24, 2.45) is 0 Å². The fraction of sp³-hybridized carbons (Fsp3) is 0.227. The lowest BCUT2D eigenvalue weighted by molar-refractivity contribution is 0.262. The number of carbonyl (C=O) groups excluding carboxylic acids is 1. The van der Waals surface area contributed by atoms with Crippen molar-refractivity contribution in [2.45, 2.75) is 33.6 Å². The van der Waals surface area contributed by atoms with Gasteiger partial charge >= 0.3 is 6.03 Å². The summed E-state index contributed by atoms with van der Waals surface area (Å²) < 4.78 is 0. The van der Waals surface area contributed by atoms with Gasteiger partial charge in [-0.3, -0.25) is 5.32 Å². The van der Waals surface area contributed by atoms with Crippen molar-refractivity contribution in [2.75, 3.05) is 10.6 Å². The van der Waals surface area contributed by atoms with Crippen LogP contribution in [0.3, 0.4) is 0 Å². The molecule has 0 bridgehead atoms. The highest BCUT2D eigenvalue weighted by molar-refractivity contribution is 7.17. The van der Waals surface area contributed by atoms with Crippen molar-refractivity contribution in [3.05, 3.63) is 58.6 Å². The number of rotatable bonds is 5. The third kappa shape index (κ3) is 4.61. The zero-order valence-corrected chi connectivity index (χ0v) is 19.6. The zero-order chi connectivity index (χ0) is 22.5. The maximum atomic E-state index is 12.4. The lowest BCUT2D eigenvalue weighted by atomic mass is 10.1. The number of aromatic nitrogens is 5. The van der Waals surface area contributed by atoms with E-state index < -0.39 is 0 Å². The highest BCUT2D eigenvalue weighted by Gasteiger charge is 2.12. The Balaban J connectivity index is 0.00000119. The normalized spacial score (nSPS) is 10.7. The Bertz CT molecular complexity index is 1350. The van der Waals surface area contributed by atoms with Gasteiger partial charge in [-0.1, -0.05) is 19.9 Å². The minimum Gasteiger partial charge on any atom is -0.345 e. The van der Waals surface area contributed by atoms with Gasteiger partial charge in [0.1, 0.15) is 16.7 Å². The van der Waals surface area contributed by atoms with E-state index in [0.717, 1.165) is 39.1 Å². The molecule has 4 heterocycles. The third-order valence-electron chi connectivity index (χ3n) is 4.71. The number of anilines is 2. The standard InChI is InChI=1S/C20H17N7OS2.C2H6/c1-11-8-29-18-16(11)13(22-10-25-18)6-5-12-7-21-20(30-12)27-19(28)26-15-4-2-3-14-17(15)24-9-23-14;1-2/h2-4,7-10H,5-6H2,1H3,(H,23,24)(H2,21,26,27,28);1-2H3. The SMILES string of the molecule is CC.Cc1csc2ncnc(CCc3cnc(NC(=O)Nc4cccc5[nH]cnc45)s3)c12. The van der Waals surface area contributed by atoms with Crippen LogP contribution in [0.5, 0.6) is 0 Å². The molecule has 0 atom stereocenters. The lowest BCUT2D eigenvalue weighted by Gasteiger charge is -2.05. The van der Waals surface area contributed by atoms with Crippen LogP contribution in [0, 0.1) is 6.92 Å². The van der Waals surface area contributed by atoms with Crippen molar-refractivity contribution < 1.29 is 4.79 Å². The highest BCUT2D eigenvalue weighted by Crippen LogP contribution is 2.27. The summed E-state index contributed by atoms with van der Waals surface area (Å²) in [5, 5.41) is 9.44. The molecule has 0 fully saturated rings. The van der Waals surface area contributed by atoms with Crippen LogP contribution >= 0.6 is 22.7 Å². The Labute approximate surface area is 193 Å². The van der Waals surface area contributed by atoms with Gasteiger partial charge < -0.3 is 10.3 Å². The maximum absolute atomic E-state index is 12.4. The summed E-state index contributed by atoms with van der Waals surface area (Å²) >= 11 is 3.10. The van der Waals surface area contributed by atoms with Crippen molar-refractivity contribution in [3.63, 3.8) is 0 Å². The molecule has 0 radical (unpaired) electrons. The second kappa shape index (κ2) is 9.84. The van der Waals surface area contributed by atoms with Gasteiger partial charge in [0, 0.05) is 16.5 Å². The minimum atomic E-state index is -0.349. The quantitative estimate of drug-likeness (QED) is 0.304. The van der Waals surface area contributed by atoms with Gasteiger partial charge in [-0.05, 0) is 42.8 Å². The summed E-state index contributed by atoms with van der Waals surface area (Å²) in [6, 6.07) is 5.22. The minimum absolute atomic E-state index is 0.349. The molecule has 5 aromatic rings. The molecule has 10 heteroatoms. The Kier molecular flexibility index (Phi) is 6.72. The van der Waals surface area contributed by atoms with E-state index in [4.69, 9.17) is 0 Å². The van der Waals surface area contributed by atoms with E-state index in [0.29, 0.717) is 16.3 Å². The van der Waals surface area contributed by atoms with Crippen molar-refractivity contribution in [1.82, 2.24) is 24.9 Å². The number of aromatic amines is 1. The summed E-state index contributed by atoms with van der Waals surface area (Å²) in [5.74, 6) is 0. The Morgan fingerprint density at radius 1 is 1.09 bits per heavy atom. The average Bonchev–Trinajstić information content (AvgIpc) is 3.55. The number of fused-ring (bicyclic) bond motifs is 2. The fourth-order valence-electron chi connectivity index (χ4n) is 3.32. The number of nitrogens with one attached hydrogen (secondary N) is 3. The van der Waals surface area contributed by atoms with Crippen LogP contribution < -0.4 is 10.6 Å². The number of urea groups is 1. The van der Waals surface area contributed by atoms with Gasteiger partial charge in [0.15, 0.2) is 5.13 Å². The van der Waals surface area contributed by atoms with Crippen molar-refractivity contribution >= 4 is 60.8 Å². The monoisotopic (exact) mass is 465 g/mol. The van der Waals surface area contributed by atoms with E-state index in [1.165, 1.54) is 16.9 Å². The lowest BCUT2D eigenvalue weighted by Crippen LogP contribution is -2.19. The molecule has 1 aromatic carbocycles. The Hall–Kier alpha value is -3.37. The van der Waals surface area contributed by atoms with Crippen molar-refractivity contribution in [3.8, 4) is 0 Å². The molecule has 32 heavy (non-hydrogen) atoms. The Morgan fingerprint density at radius 3 is 2.84 bits per heavy atom. The molecular formula is C22H23N7OS2. The van der Waals surface area contributed by atoms with E-state index in [1.807, 2.05) is 32.0 Å². The van der Waals surface area contributed by atoms with Gasteiger partial charge in [-0.15, -0.1) is 22.7 Å². The van der Waals surface area contributed by atoms with Crippen LogP contribution in [-0.2, 0) is 12.8 Å². The number of hydrogen-bond donors (Lipinski definition) is 3. The third-order valence-corrected chi connectivity index (χ3v) is 6.69. The number of carbonyl (C=O) groups is 1. The molecule has 0 aliphatic rings. The molecule has 0 aliphatic heterocycles. The summed E-state index contributed by atoms with van der Waals surface area (Å²) in [5.41, 5.74) is 4.48. The molecule has 5 rings (SSSR count). The maximum Gasteiger partial charge on any atom is 0.325 e. The molecule has 0 saturated heterocycles. The number of nitrogens with zero attached hydrogens (tertiary/aromatic N) is 4. The van der Waals surface area contributed by atoms with Crippen LogP contribution in [0.15, 0.2) is 42.4 Å². The molecule has 0 aliphatic carbocycles. The second-order valence-electron chi connectivity index (χ2n) is 6.73. The van der Waals surface area contributed by atoms with Crippen LogP contribution in [0.2, 0.25) is 0 Å². The van der Waals surface area contributed by atoms with E-state index in [1.54, 1.807) is 30.2 Å². The summed E-state index contributed by atoms with van der Waals surface area (Å²) in [4.78, 5) is 34.9. The van der Waals surface area contributed by atoms with Crippen LogP contribution in [0.4, 0.5) is 15.6 Å². The van der Waals surface area contributed by atoms with Gasteiger partial charge in [-0.25, -0.2) is 24.7 Å². The van der Waals surface area contributed by atoms with E-state index in [-0.39, 0.29) is 6.03 Å². The smallest absolute Gasteiger partial charge is 0.325 e. The molecule has 4 aromatic heterocycles. The number of para-hydroxylation sites is 1. The topological polar surface area (TPSA) is 108 Å². The zero-order valence-electron chi connectivity index (χ0n) is 18.0. The van der Waals surface area contributed by atoms with E-state index in [2.05, 4.69) is 47.9 Å². The second-order valence-corrected chi connectivity index (χ2v) is 8.71. The van der Waals surface area contributed by atoms with Gasteiger partial charge in [-0.2, -0.15) is 0 Å². The molecule has 0 spiro atoms. The predicted octanol–water partition coefficient (Wildman–Crippen LogP) is 5.79. The average molecular weight is 466 g/mol. The van der Waals surface area contributed by atoms with E-state index in [9.17, 15) is 4.79 Å². The number of thiazole rings is 1. The first-order valence-corrected chi connectivity index (χ1v) is 12.0. The molecule has 0 unspecified atom stereocenters. The number of thiophene rings is 1. The van der Waals surface area contributed by atoms with Gasteiger partial charge in [0.05, 0.1) is 23.2 Å². The molecule has 2 amide bonds. The van der Waals surface area contributed by atoms with Crippen LogP contribution in [0.1, 0.15) is 30.0 Å². The molecule has 164 valence electrons. The van der Waals surface area contributed by atoms with Crippen molar-refractivity contribution in [1.29, 1.82) is 0 Å². The fourth-order valence-corrected chi connectivity index (χ4v) is 5.04. The molecule has 3 N–H and O–H groups in total. The number of imidazole rings is 1. The number of hydrogen-bond acceptors (Lipinski definition) is 7.